The Morgan fingerprint density at radius 3 is 2.42 bits per heavy atom. The lowest BCUT2D eigenvalue weighted by Crippen LogP contribution is -2.72. The van der Waals surface area contributed by atoms with Crippen molar-refractivity contribution in [3.05, 3.63) is 53.1 Å². The number of carbonyl (C=O) groups is 5. The Morgan fingerprint density at radius 2 is 1.74 bits per heavy atom. The summed E-state index contributed by atoms with van der Waals surface area (Å²) in [6.45, 7) is 6.23. The predicted octanol–water partition coefficient (Wildman–Crippen LogP) is 0.273. The van der Waals surface area contributed by atoms with Gasteiger partial charge in [0.1, 0.15) is 5.75 Å². The molecule has 43 heavy (non-hydrogen) atoms. The number of aliphatic hydroxyl groups excluding tert-OH is 1. The van der Waals surface area contributed by atoms with Crippen molar-refractivity contribution in [3.63, 3.8) is 0 Å². The minimum atomic E-state index is -2.94. The highest BCUT2D eigenvalue weighted by molar-refractivity contribution is 6.31. The van der Waals surface area contributed by atoms with Gasteiger partial charge in [0.25, 0.3) is 0 Å². The monoisotopic (exact) mass is 589 g/mol. The molecule has 0 radical (unpaired) electrons. The summed E-state index contributed by atoms with van der Waals surface area (Å²) in [5.41, 5.74) is 4.71. The summed E-state index contributed by atoms with van der Waals surface area (Å²) in [6.07, 6.45) is -2.20. The van der Waals surface area contributed by atoms with Crippen LogP contribution in [0.3, 0.4) is 0 Å². The number of hydrogen-bond acceptors (Lipinski definition) is 10. The maximum absolute atomic E-state index is 14.0. The number of phenols is 1. The van der Waals surface area contributed by atoms with Crippen LogP contribution in [0.4, 0.5) is 0 Å². The first kappa shape index (κ1) is 29.3. The van der Waals surface area contributed by atoms with Crippen LogP contribution < -0.4 is 5.73 Å². The third-order valence-electron chi connectivity index (χ3n) is 10.1. The molecule has 1 saturated heterocycles. The lowest BCUT2D eigenvalue weighted by atomic mass is 9.50. The number of rotatable bonds is 4. The van der Waals surface area contributed by atoms with Gasteiger partial charge >= 0.3 is 0 Å². The highest BCUT2D eigenvalue weighted by atomic mass is 16.3. The normalized spacial score (nSPS) is 33.1. The quantitative estimate of drug-likeness (QED) is 0.362. The Balaban J connectivity index is 1.37. The zero-order valence-corrected chi connectivity index (χ0v) is 24.0. The second-order valence-electron chi connectivity index (χ2n) is 12.5. The molecular weight excluding hydrogens is 554 g/mol. The van der Waals surface area contributed by atoms with Crippen LogP contribution in [0.5, 0.6) is 5.75 Å². The SMILES string of the molecule is C[C@H]1c2ccc(-c3cccc(CN4CCN(C)CC4)c3)c(O)c2C(=O)C2C(=O)[C@]3(O)C(=O)C(C(N)=O)C(=O)C[C@@H]3[C@@H](O)[C@@H]21. The molecule has 0 bridgehead atoms. The van der Waals surface area contributed by atoms with Crippen molar-refractivity contribution in [3.8, 4) is 16.9 Å². The van der Waals surface area contributed by atoms with Gasteiger partial charge in [-0.05, 0) is 35.7 Å². The first-order valence-electron chi connectivity index (χ1n) is 14.6. The minimum Gasteiger partial charge on any atom is -0.507 e. The number of hydrogen-bond donors (Lipinski definition) is 4. The Kier molecular flexibility index (Phi) is 7.12. The van der Waals surface area contributed by atoms with E-state index in [4.69, 9.17) is 5.73 Å². The highest BCUT2D eigenvalue weighted by Gasteiger charge is 2.69. The number of Topliss-reactive ketones (excluding diaryl/α,β-unsaturated/α-hetero) is 4. The summed E-state index contributed by atoms with van der Waals surface area (Å²) < 4.78 is 0. The van der Waals surface area contributed by atoms with E-state index in [9.17, 15) is 39.3 Å². The minimum absolute atomic E-state index is 0.107. The van der Waals surface area contributed by atoms with Crippen LogP contribution in [0.1, 0.15) is 40.7 Å². The molecule has 0 spiro atoms. The fraction of sp³-hybridized carbons (Fsp3) is 0.469. The van der Waals surface area contributed by atoms with Crippen LogP contribution in [0.15, 0.2) is 36.4 Å². The van der Waals surface area contributed by atoms with Gasteiger partial charge in [0.05, 0.1) is 17.6 Å². The molecule has 3 fully saturated rings. The molecule has 1 amide bonds. The number of phenolic OH excluding ortho intramolecular Hbond substituents is 1. The van der Waals surface area contributed by atoms with Crippen LogP contribution in [0, 0.1) is 23.7 Å². The molecular formula is C32H35N3O8. The van der Waals surface area contributed by atoms with Crippen molar-refractivity contribution in [2.75, 3.05) is 33.2 Å². The molecule has 2 unspecified atom stereocenters. The number of benzene rings is 2. The summed E-state index contributed by atoms with van der Waals surface area (Å²) in [5, 5.41) is 34.4. The molecule has 0 aromatic heterocycles. The van der Waals surface area contributed by atoms with Gasteiger partial charge in [0.2, 0.25) is 5.91 Å². The van der Waals surface area contributed by atoms with Crippen LogP contribution in [-0.2, 0) is 25.7 Å². The van der Waals surface area contributed by atoms with Crippen LogP contribution in [0.2, 0.25) is 0 Å². The predicted molar refractivity (Wildman–Crippen MR) is 153 cm³/mol. The number of ketones is 4. The molecule has 2 aromatic rings. The van der Waals surface area contributed by atoms with Gasteiger partial charge in [-0.3, -0.25) is 28.9 Å². The van der Waals surface area contributed by atoms with E-state index in [-0.39, 0.29) is 11.3 Å². The van der Waals surface area contributed by atoms with Gasteiger partial charge in [-0.25, -0.2) is 0 Å². The first-order valence-corrected chi connectivity index (χ1v) is 14.6. The van der Waals surface area contributed by atoms with Crippen molar-refractivity contribution >= 4 is 29.0 Å². The number of fused-ring (bicyclic) bond motifs is 3. The molecule has 11 nitrogen and oxygen atoms in total. The highest BCUT2D eigenvalue weighted by Crippen LogP contribution is 2.54. The van der Waals surface area contributed by atoms with Crippen LogP contribution in [-0.4, -0.2) is 99.1 Å². The largest absolute Gasteiger partial charge is 0.507 e. The second kappa shape index (κ2) is 10.4. The molecule has 5 N–H and O–H groups in total. The Bertz CT molecular complexity index is 1560. The number of carbonyl (C=O) groups excluding carboxylic acids is 5. The number of nitrogens with two attached hydrogens (primary N) is 1. The van der Waals surface area contributed by atoms with Gasteiger partial charge in [0.15, 0.2) is 34.7 Å². The van der Waals surface area contributed by atoms with E-state index in [0.717, 1.165) is 38.3 Å². The molecule has 2 saturated carbocycles. The zero-order valence-electron chi connectivity index (χ0n) is 24.0. The van der Waals surface area contributed by atoms with Crippen molar-refractivity contribution in [2.45, 2.75) is 37.5 Å². The Hall–Kier alpha value is -3.77. The van der Waals surface area contributed by atoms with E-state index in [1.165, 1.54) is 0 Å². The van der Waals surface area contributed by atoms with Gasteiger partial charge in [-0.2, -0.15) is 0 Å². The first-order chi connectivity index (χ1) is 20.4. The van der Waals surface area contributed by atoms with Crippen molar-refractivity contribution in [2.24, 2.45) is 29.4 Å². The maximum atomic E-state index is 14.0. The van der Waals surface area contributed by atoms with E-state index in [1.54, 1.807) is 19.1 Å². The van der Waals surface area contributed by atoms with E-state index in [0.29, 0.717) is 16.7 Å². The molecule has 2 aromatic carbocycles. The standard InChI is InChI=1S/C32H35N3O8/c1-15-18-6-7-19(17-5-3-4-16(12-17)14-35-10-8-34(2)9-11-35)26(37)23(18)28(39)25-22(15)27(38)20-13-21(36)24(31(33)42)29(40)32(20,43)30(25)41/h3-7,12,15,20,22,24-25,27,37-38,43H,8-11,13-14H2,1-2H3,(H2,33,42)/t15-,20+,22+,24?,25?,27+,32+/m0/s1. The lowest BCUT2D eigenvalue weighted by molar-refractivity contribution is -0.189. The summed E-state index contributed by atoms with van der Waals surface area (Å²) in [7, 11) is 2.09. The number of primary amides is 1. The van der Waals surface area contributed by atoms with Crippen molar-refractivity contribution in [1.82, 2.24) is 9.80 Å². The number of likely N-dealkylation sites (N-methyl/N-ethyl adjacent to an activating group) is 1. The molecule has 226 valence electrons. The molecule has 3 aliphatic carbocycles. The molecule has 7 atom stereocenters. The van der Waals surface area contributed by atoms with Gasteiger partial charge < -0.3 is 26.0 Å². The topological polar surface area (TPSA) is 179 Å². The third kappa shape index (κ3) is 4.36. The number of aromatic hydroxyl groups is 1. The lowest BCUT2D eigenvalue weighted by Gasteiger charge is -2.52. The number of nitrogens with zero attached hydrogens (tertiary/aromatic N) is 2. The smallest absolute Gasteiger partial charge is 0.235 e. The van der Waals surface area contributed by atoms with E-state index in [2.05, 4.69) is 16.8 Å². The van der Waals surface area contributed by atoms with Gasteiger partial charge in [-0.1, -0.05) is 37.3 Å². The summed E-state index contributed by atoms with van der Waals surface area (Å²) >= 11 is 0. The zero-order chi connectivity index (χ0) is 31.0. The fourth-order valence-corrected chi connectivity index (χ4v) is 7.69. The summed E-state index contributed by atoms with van der Waals surface area (Å²) in [5.74, 6) is -12.9. The van der Waals surface area contributed by atoms with E-state index >= 15 is 0 Å². The molecule has 4 aliphatic rings. The van der Waals surface area contributed by atoms with E-state index in [1.807, 2.05) is 24.3 Å². The fourth-order valence-electron chi connectivity index (χ4n) is 7.69. The number of aliphatic hydroxyl groups is 2. The summed E-state index contributed by atoms with van der Waals surface area (Å²) in [6, 6.07) is 11.0. The maximum Gasteiger partial charge on any atom is 0.235 e. The van der Waals surface area contributed by atoms with Crippen molar-refractivity contribution in [1.29, 1.82) is 0 Å². The van der Waals surface area contributed by atoms with E-state index < -0.39 is 76.8 Å². The third-order valence-corrected chi connectivity index (χ3v) is 10.1. The van der Waals surface area contributed by atoms with Crippen LogP contribution >= 0.6 is 0 Å². The molecule has 1 aliphatic heterocycles. The molecule has 11 heteroatoms. The number of piperazine rings is 1. The average Bonchev–Trinajstić information content (AvgIpc) is 2.96. The Morgan fingerprint density at radius 1 is 1.05 bits per heavy atom. The van der Waals surface area contributed by atoms with Crippen molar-refractivity contribution < 1.29 is 39.3 Å². The average molecular weight is 590 g/mol. The van der Waals surface area contributed by atoms with Gasteiger partial charge in [0, 0.05) is 56.5 Å². The Labute approximate surface area is 248 Å². The second-order valence-corrected chi connectivity index (χ2v) is 12.5. The van der Waals surface area contributed by atoms with Gasteiger partial charge in [-0.15, -0.1) is 0 Å². The number of amides is 1. The van der Waals surface area contributed by atoms with Crippen LogP contribution in [0.25, 0.3) is 11.1 Å². The summed E-state index contributed by atoms with van der Waals surface area (Å²) in [4.78, 5) is 70.3. The molecule has 1 heterocycles. The molecule has 6 rings (SSSR count).